The number of amides is 1. The fraction of sp³-hybridized carbons (Fsp3) is 0.238. The molecule has 0 aliphatic carbocycles. The molecule has 0 unspecified atom stereocenters. The summed E-state index contributed by atoms with van der Waals surface area (Å²) in [6.07, 6.45) is 1.85. The molecule has 0 radical (unpaired) electrons. The van der Waals surface area contributed by atoms with E-state index < -0.39 is 28.5 Å². The number of carbonyl (C=O) groups is 2. The zero-order valence-electron chi connectivity index (χ0n) is 17.6. The van der Waals surface area contributed by atoms with Gasteiger partial charge in [-0.1, -0.05) is 12.1 Å². The van der Waals surface area contributed by atoms with Crippen LogP contribution in [0, 0.1) is 13.8 Å². The lowest BCUT2D eigenvalue weighted by Crippen LogP contribution is -2.30. The van der Waals surface area contributed by atoms with Gasteiger partial charge in [-0.05, 0) is 56.2 Å². The molecule has 2 aromatic heterocycles. The third-order valence-electron chi connectivity index (χ3n) is 4.53. The maximum Gasteiger partial charge on any atom is 0.340 e. The first-order valence-electron chi connectivity index (χ1n) is 9.69. The molecule has 0 atom stereocenters. The molecule has 10 nitrogen and oxygen atoms in total. The van der Waals surface area contributed by atoms with Crippen molar-refractivity contribution in [1.82, 2.24) is 20.1 Å². The minimum atomic E-state index is -3.74. The fourth-order valence-corrected chi connectivity index (χ4v) is 3.47. The lowest BCUT2D eigenvalue weighted by atomic mass is 10.1. The molecule has 168 valence electrons. The van der Waals surface area contributed by atoms with Gasteiger partial charge in [0.15, 0.2) is 12.4 Å². The molecule has 0 aliphatic rings. The highest BCUT2D eigenvalue weighted by Gasteiger charge is 2.12. The Morgan fingerprint density at radius 2 is 1.84 bits per heavy atom. The molecule has 3 aromatic rings. The predicted molar refractivity (Wildman–Crippen MR) is 116 cm³/mol. The van der Waals surface area contributed by atoms with E-state index in [1.54, 1.807) is 28.9 Å². The van der Waals surface area contributed by atoms with Crippen LogP contribution < -0.4 is 10.5 Å². The van der Waals surface area contributed by atoms with E-state index in [1.807, 2.05) is 19.9 Å². The molecule has 0 saturated heterocycles. The number of primary sulfonamides is 1. The van der Waals surface area contributed by atoms with Crippen LogP contribution in [0.2, 0.25) is 0 Å². The van der Waals surface area contributed by atoms with Crippen molar-refractivity contribution < 1.29 is 22.7 Å². The third kappa shape index (κ3) is 5.99. The van der Waals surface area contributed by atoms with Crippen molar-refractivity contribution in [3.63, 3.8) is 0 Å². The van der Waals surface area contributed by atoms with Gasteiger partial charge >= 0.3 is 5.97 Å². The third-order valence-corrected chi connectivity index (χ3v) is 5.46. The lowest BCUT2D eigenvalue weighted by molar-refractivity contribution is -0.124. The van der Waals surface area contributed by atoms with Crippen LogP contribution in [0.4, 0.5) is 0 Å². The van der Waals surface area contributed by atoms with Crippen LogP contribution in [0.1, 0.15) is 27.3 Å². The monoisotopic (exact) mass is 457 g/mol. The normalized spacial score (nSPS) is 11.2. The number of benzene rings is 1. The van der Waals surface area contributed by atoms with Crippen LogP contribution in [0.15, 0.2) is 53.6 Å². The smallest absolute Gasteiger partial charge is 0.340 e. The first-order valence-corrected chi connectivity index (χ1v) is 11.2. The van der Waals surface area contributed by atoms with Crippen molar-refractivity contribution in [2.24, 2.45) is 5.14 Å². The van der Waals surface area contributed by atoms with E-state index in [0.717, 1.165) is 17.0 Å². The molecular formula is C21H23N5O5S. The summed E-state index contributed by atoms with van der Waals surface area (Å²) in [4.78, 5) is 28.3. The first kappa shape index (κ1) is 23.1. The summed E-state index contributed by atoms with van der Waals surface area (Å²) in [6.45, 7) is 3.65. The summed E-state index contributed by atoms with van der Waals surface area (Å²) in [7, 11) is -3.74. The van der Waals surface area contributed by atoms with Gasteiger partial charge in [-0.15, -0.1) is 0 Å². The second kappa shape index (κ2) is 9.71. The Hall–Kier alpha value is -3.57. The van der Waals surface area contributed by atoms with Gasteiger partial charge in [0.05, 0.1) is 16.2 Å². The number of carbonyl (C=O) groups excluding carboxylic acids is 2. The van der Waals surface area contributed by atoms with Crippen molar-refractivity contribution in [1.29, 1.82) is 0 Å². The van der Waals surface area contributed by atoms with E-state index in [-0.39, 0.29) is 10.5 Å². The maximum absolute atomic E-state index is 12.2. The Labute approximate surface area is 185 Å². The molecular weight excluding hydrogens is 434 g/mol. The Morgan fingerprint density at radius 3 is 2.41 bits per heavy atom. The lowest BCUT2D eigenvalue weighted by Gasteiger charge is -2.08. The highest BCUT2D eigenvalue weighted by Crippen LogP contribution is 2.11. The standard InChI is InChI=1S/C21H23N5O5S/c1-14-11-15(2)26(25-14)19-8-5-17(12-24-19)21(28)31-13-20(27)23-10-9-16-3-6-18(7-4-16)32(22,29)30/h3-8,11-12H,9-10,13H2,1-2H3,(H,23,27)(H2,22,29,30). The van der Waals surface area contributed by atoms with E-state index >= 15 is 0 Å². The zero-order chi connectivity index (χ0) is 23.3. The average molecular weight is 458 g/mol. The molecule has 0 saturated carbocycles. The summed E-state index contributed by atoms with van der Waals surface area (Å²) in [6, 6.07) is 11.2. The minimum absolute atomic E-state index is 0.0228. The highest BCUT2D eigenvalue weighted by molar-refractivity contribution is 7.89. The van der Waals surface area contributed by atoms with Crippen molar-refractivity contribution >= 4 is 21.9 Å². The number of esters is 1. The second-order valence-electron chi connectivity index (χ2n) is 7.11. The number of ether oxygens (including phenoxy) is 1. The van der Waals surface area contributed by atoms with Crippen LogP contribution in [0.3, 0.4) is 0 Å². The largest absolute Gasteiger partial charge is 0.452 e. The number of hydrogen-bond acceptors (Lipinski definition) is 7. The Bertz CT molecular complexity index is 1220. The van der Waals surface area contributed by atoms with Crippen LogP contribution in [-0.2, 0) is 26.0 Å². The van der Waals surface area contributed by atoms with E-state index in [9.17, 15) is 18.0 Å². The van der Waals surface area contributed by atoms with E-state index in [2.05, 4.69) is 15.4 Å². The molecule has 2 heterocycles. The number of aryl methyl sites for hydroxylation is 2. The Kier molecular flexibility index (Phi) is 7.01. The van der Waals surface area contributed by atoms with Crippen LogP contribution in [0.25, 0.3) is 5.82 Å². The number of hydrogen-bond donors (Lipinski definition) is 2. The predicted octanol–water partition coefficient (Wildman–Crippen LogP) is 1.05. The van der Waals surface area contributed by atoms with Crippen molar-refractivity contribution in [2.75, 3.05) is 13.2 Å². The number of rotatable bonds is 8. The Morgan fingerprint density at radius 1 is 1.12 bits per heavy atom. The van der Waals surface area contributed by atoms with Crippen LogP contribution in [0.5, 0.6) is 0 Å². The van der Waals surface area contributed by atoms with Crippen LogP contribution in [-0.4, -0.2) is 48.2 Å². The number of nitrogens with zero attached hydrogens (tertiary/aromatic N) is 3. The number of sulfonamides is 1. The fourth-order valence-electron chi connectivity index (χ4n) is 2.95. The van der Waals surface area contributed by atoms with Gasteiger partial charge in [-0.25, -0.2) is 28.0 Å². The highest BCUT2D eigenvalue weighted by atomic mass is 32.2. The summed E-state index contributed by atoms with van der Waals surface area (Å²) in [5.41, 5.74) is 2.82. The molecule has 3 rings (SSSR count). The molecule has 0 spiro atoms. The second-order valence-corrected chi connectivity index (χ2v) is 8.67. The zero-order valence-corrected chi connectivity index (χ0v) is 18.4. The van der Waals surface area contributed by atoms with Gasteiger partial charge in [0.25, 0.3) is 5.91 Å². The van der Waals surface area contributed by atoms with Gasteiger partial charge in [-0.3, -0.25) is 4.79 Å². The van der Waals surface area contributed by atoms with Gasteiger partial charge < -0.3 is 10.1 Å². The Balaban J connectivity index is 1.44. The van der Waals surface area contributed by atoms with Gasteiger partial charge in [0, 0.05) is 18.4 Å². The van der Waals surface area contributed by atoms with Gasteiger partial charge in [0.2, 0.25) is 10.0 Å². The number of nitrogens with two attached hydrogens (primary N) is 1. The average Bonchev–Trinajstić information content (AvgIpc) is 3.09. The summed E-state index contributed by atoms with van der Waals surface area (Å²) in [5.74, 6) is -0.542. The SMILES string of the molecule is Cc1cc(C)n(-c2ccc(C(=O)OCC(=O)NCCc3ccc(S(N)(=O)=O)cc3)cn2)n1. The summed E-state index contributed by atoms with van der Waals surface area (Å²) in [5, 5.41) is 12.0. The molecule has 3 N–H and O–H groups in total. The van der Waals surface area contributed by atoms with Crippen molar-refractivity contribution in [2.45, 2.75) is 25.2 Å². The molecule has 1 amide bonds. The number of aromatic nitrogens is 3. The molecule has 11 heteroatoms. The van der Waals surface area contributed by atoms with E-state index in [1.165, 1.54) is 18.3 Å². The quantitative estimate of drug-likeness (QED) is 0.481. The number of nitrogens with one attached hydrogen (secondary N) is 1. The van der Waals surface area contributed by atoms with E-state index in [0.29, 0.717) is 18.8 Å². The summed E-state index contributed by atoms with van der Waals surface area (Å²) >= 11 is 0. The number of pyridine rings is 1. The van der Waals surface area contributed by atoms with Crippen molar-refractivity contribution in [3.05, 3.63) is 71.2 Å². The van der Waals surface area contributed by atoms with Crippen LogP contribution >= 0.6 is 0 Å². The summed E-state index contributed by atoms with van der Waals surface area (Å²) < 4.78 is 29.2. The molecule has 0 bridgehead atoms. The van der Waals surface area contributed by atoms with E-state index in [4.69, 9.17) is 9.88 Å². The molecule has 0 fully saturated rings. The van der Waals surface area contributed by atoms with Gasteiger partial charge in [-0.2, -0.15) is 5.10 Å². The molecule has 1 aromatic carbocycles. The van der Waals surface area contributed by atoms with Crippen molar-refractivity contribution in [3.8, 4) is 5.82 Å². The topological polar surface area (TPSA) is 146 Å². The molecule has 0 aliphatic heterocycles. The molecule has 32 heavy (non-hydrogen) atoms. The maximum atomic E-state index is 12.2. The van der Waals surface area contributed by atoms with Gasteiger partial charge in [0.1, 0.15) is 0 Å². The first-order chi connectivity index (χ1) is 15.1. The minimum Gasteiger partial charge on any atom is -0.452 e.